The third-order valence-corrected chi connectivity index (χ3v) is 3.89. The molecule has 0 radical (unpaired) electrons. The molecule has 1 fully saturated rings. The minimum Gasteiger partial charge on any atom is -0.338 e. The van der Waals surface area contributed by atoms with E-state index in [4.69, 9.17) is 0 Å². The van der Waals surface area contributed by atoms with Crippen molar-refractivity contribution in [3.05, 3.63) is 29.8 Å². The average molecular weight is 288 g/mol. The fourth-order valence-corrected chi connectivity index (χ4v) is 2.96. The van der Waals surface area contributed by atoms with E-state index in [2.05, 4.69) is 19.2 Å². The molecule has 1 aliphatic rings. The summed E-state index contributed by atoms with van der Waals surface area (Å²) in [4.78, 5) is 25.8. The number of piperidine rings is 1. The van der Waals surface area contributed by atoms with E-state index in [0.29, 0.717) is 23.8 Å². The van der Waals surface area contributed by atoms with Gasteiger partial charge in [0.2, 0.25) is 5.91 Å². The minimum atomic E-state index is -0.0206. The van der Waals surface area contributed by atoms with Crippen LogP contribution in [-0.2, 0) is 4.79 Å². The number of carbonyl (C=O) groups is 2. The van der Waals surface area contributed by atoms with Crippen molar-refractivity contribution in [1.82, 2.24) is 4.90 Å². The normalized spacial score (nSPS) is 22.0. The highest BCUT2D eigenvalue weighted by Gasteiger charge is 2.25. The number of hydrogen-bond donors (Lipinski definition) is 1. The van der Waals surface area contributed by atoms with Gasteiger partial charge in [-0.05, 0) is 42.5 Å². The molecule has 21 heavy (non-hydrogen) atoms. The van der Waals surface area contributed by atoms with Crippen LogP contribution in [0.3, 0.4) is 0 Å². The number of nitrogens with zero attached hydrogens (tertiary/aromatic N) is 1. The van der Waals surface area contributed by atoms with Crippen molar-refractivity contribution in [2.45, 2.75) is 33.6 Å². The Morgan fingerprint density at radius 1 is 1.14 bits per heavy atom. The van der Waals surface area contributed by atoms with Gasteiger partial charge in [-0.15, -0.1) is 0 Å². The number of anilines is 1. The molecule has 0 spiro atoms. The quantitative estimate of drug-likeness (QED) is 0.929. The van der Waals surface area contributed by atoms with Crippen molar-refractivity contribution in [3.8, 4) is 0 Å². The van der Waals surface area contributed by atoms with Crippen LogP contribution in [0.15, 0.2) is 24.3 Å². The molecule has 1 saturated heterocycles. The van der Waals surface area contributed by atoms with Crippen LogP contribution in [0.2, 0.25) is 0 Å². The topological polar surface area (TPSA) is 49.4 Å². The standard InChI is InChI=1S/C17H24N2O2/c1-4-16(20)18-15-7-5-14(6-8-15)17(21)19-10-12(2)9-13(3)11-19/h5-8,12-13H,4,9-11H2,1-3H3,(H,18,20)/t12-,13-/m1/s1. The lowest BCUT2D eigenvalue weighted by atomic mass is 9.91. The summed E-state index contributed by atoms with van der Waals surface area (Å²) >= 11 is 0. The van der Waals surface area contributed by atoms with Crippen LogP contribution in [-0.4, -0.2) is 29.8 Å². The second kappa shape index (κ2) is 6.74. The molecule has 2 atom stereocenters. The van der Waals surface area contributed by atoms with E-state index >= 15 is 0 Å². The minimum absolute atomic E-state index is 0.0206. The molecule has 0 unspecified atom stereocenters. The van der Waals surface area contributed by atoms with Crippen molar-refractivity contribution in [2.75, 3.05) is 18.4 Å². The van der Waals surface area contributed by atoms with E-state index in [1.165, 1.54) is 6.42 Å². The lowest BCUT2D eigenvalue weighted by molar-refractivity contribution is -0.115. The third-order valence-electron chi connectivity index (χ3n) is 3.89. The van der Waals surface area contributed by atoms with Gasteiger partial charge >= 0.3 is 0 Å². The maximum absolute atomic E-state index is 12.5. The van der Waals surface area contributed by atoms with Gasteiger partial charge in [0, 0.05) is 30.8 Å². The first-order valence-corrected chi connectivity index (χ1v) is 7.68. The van der Waals surface area contributed by atoms with Gasteiger partial charge < -0.3 is 10.2 Å². The highest BCUT2D eigenvalue weighted by Crippen LogP contribution is 2.23. The van der Waals surface area contributed by atoms with Crippen molar-refractivity contribution in [2.24, 2.45) is 11.8 Å². The molecule has 0 aliphatic carbocycles. The van der Waals surface area contributed by atoms with Crippen LogP contribution in [0.4, 0.5) is 5.69 Å². The Bertz CT molecular complexity index is 500. The lowest BCUT2D eigenvalue weighted by Crippen LogP contribution is -2.42. The van der Waals surface area contributed by atoms with Gasteiger partial charge in [0.05, 0.1) is 0 Å². The van der Waals surface area contributed by atoms with Crippen molar-refractivity contribution in [1.29, 1.82) is 0 Å². The van der Waals surface area contributed by atoms with Crippen LogP contribution in [0.1, 0.15) is 44.0 Å². The zero-order chi connectivity index (χ0) is 15.4. The first-order chi connectivity index (χ1) is 9.99. The fourth-order valence-electron chi connectivity index (χ4n) is 2.96. The molecule has 0 aromatic heterocycles. The Balaban J connectivity index is 2.04. The number of amides is 2. The molecule has 1 aromatic carbocycles. The van der Waals surface area contributed by atoms with E-state index in [0.717, 1.165) is 18.8 Å². The number of benzene rings is 1. The van der Waals surface area contributed by atoms with Crippen molar-refractivity contribution >= 4 is 17.5 Å². The molecular weight excluding hydrogens is 264 g/mol. The van der Waals surface area contributed by atoms with Crippen LogP contribution in [0, 0.1) is 11.8 Å². The summed E-state index contributed by atoms with van der Waals surface area (Å²) in [6, 6.07) is 7.16. The molecule has 4 nitrogen and oxygen atoms in total. The average Bonchev–Trinajstić information content (AvgIpc) is 2.46. The number of carbonyl (C=O) groups excluding carboxylic acids is 2. The molecule has 2 amide bonds. The van der Waals surface area contributed by atoms with E-state index in [1.807, 2.05) is 11.8 Å². The molecule has 0 bridgehead atoms. The second-order valence-corrected chi connectivity index (χ2v) is 6.14. The van der Waals surface area contributed by atoms with Gasteiger partial charge in [-0.2, -0.15) is 0 Å². The Hall–Kier alpha value is -1.84. The van der Waals surface area contributed by atoms with Gasteiger partial charge in [0.25, 0.3) is 5.91 Å². The number of hydrogen-bond acceptors (Lipinski definition) is 2. The molecule has 1 aromatic rings. The van der Waals surface area contributed by atoms with E-state index in [-0.39, 0.29) is 11.8 Å². The fraction of sp³-hybridized carbons (Fsp3) is 0.529. The number of nitrogens with one attached hydrogen (secondary N) is 1. The second-order valence-electron chi connectivity index (χ2n) is 6.14. The van der Waals surface area contributed by atoms with Gasteiger partial charge in [-0.1, -0.05) is 20.8 Å². The maximum Gasteiger partial charge on any atom is 0.253 e. The monoisotopic (exact) mass is 288 g/mol. The SMILES string of the molecule is CCC(=O)Nc1ccc(C(=O)N2C[C@H](C)C[C@@H](C)C2)cc1. The van der Waals surface area contributed by atoms with E-state index < -0.39 is 0 Å². The molecule has 1 aliphatic heterocycles. The molecular formula is C17H24N2O2. The molecule has 4 heteroatoms. The van der Waals surface area contributed by atoms with Crippen LogP contribution >= 0.6 is 0 Å². The Kier molecular flexibility index (Phi) is 4.99. The predicted octanol–water partition coefficient (Wildman–Crippen LogP) is 3.15. The molecule has 0 saturated carbocycles. The van der Waals surface area contributed by atoms with Crippen molar-refractivity contribution < 1.29 is 9.59 Å². The highest BCUT2D eigenvalue weighted by atomic mass is 16.2. The van der Waals surface area contributed by atoms with Crippen molar-refractivity contribution in [3.63, 3.8) is 0 Å². The molecule has 114 valence electrons. The third kappa shape index (κ3) is 4.06. The summed E-state index contributed by atoms with van der Waals surface area (Å²) in [6.45, 7) is 7.86. The molecule has 1 N–H and O–H groups in total. The first kappa shape index (κ1) is 15.5. The summed E-state index contributed by atoms with van der Waals surface area (Å²) in [6.07, 6.45) is 1.63. The predicted molar refractivity (Wildman–Crippen MR) is 84.2 cm³/mol. The highest BCUT2D eigenvalue weighted by molar-refractivity contribution is 5.95. The first-order valence-electron chi connectivity index (χ1n) is 7.68. The van der Waals surface area contributed by atoms with E-state index in [9.17, 15) is 9.59 Å². The Morgan fingerprint density at radius 2 is 1.71 bits per heavy atom. The summed E-state index contributed by atoms with van der Waals surface area (Å²) in [5.74, 6) is 1.18. The lowest BCUT2D eigenvalue weighted by Gasteiger charge is -2.35. The van der Waals surface area contributed by atoms with E-state index in [1.54, 1.807) is 24.3 Å². The zero-order valence-corrected chi connectivity index (χ0v) is 13.1. The Labute approximate surface area is 126 Å². The Morgan fingerprint density at radius 3 is 2.24 bits per heavy atom. The summed E-state index contributed by atoms with van der Waals surface area (Å²) in [5.41, 5.74) is 1.42. The number of likely N-dealkylation sites (tertiary alicyclic amines) is 1. The smallest absolute Gasteiger partial charge is 0.253 e. The van der Waals surface area contributed by atoms with Gasteiger partial charge in [-0.3, -0.25) is 9.59 Å². The van der Waals surface area contributed by atoms with Crippen LogP contribution in [0.25, 0.3) is 0 Å². The van der Waals surface area contributed by atoms with Gasteiger partial charge in [0.15, 0.2) is 0 Å². The summed E-state index contributed by atoms with van der Waals surface area (Å²) in [7, 11) is 0. The largest absolute Gasteiger partial charge is 0.338 e. The van der Waals surface area contributed by atoms with Gasteiger partial charge in [0.1, 0.15) is 0 Å². The summed E-state index contributed by atoms with van der Waals surface area (Å²) in [5, 5.41) is 2.79. The zero-order valence-electron chi connectivity index (χ0n) is 13.1. The van der Waals surface area contributed by atoms with Crippen LogP contribution in [0.5, 0.6) is 0 Å². The molecule has 1 heterocycles. The maximum atomic E-state index is 12.5. The molecule has 2 rings (SSSR count). The van der Waals surface area contributed by atoms with Crippen LogP contribution < -0.4 is 5.32 Å². The number of rotatable bonds is 3. The summed E-state index contributed by atoms with van der Waals surface area (Å²) < 4.78 is 0. The van der Waals surface area contributed by atoms with Gasteiger partial charge in [-0.25, -0.2) is 0 Å².